The van der Waals surface area contributed by atoms with E-state index in [4.69, 9.17) is 0 Å². The Labute approximate surface area is 101 Å². The molecule has 1 nitrogen and oxygen atoms in total. The average Bonchev–Trinajstić information content (AvgIpc) is 2.51. The molecule has 0 atom stereocenters. The molecule has 0 unspecified atom stereocenters. The van der Waals surface area contributed by atoms with Gasteiger partial charge in [0.25, 0.3) is 0 Å². The van der Waals surface area contributed by atoms with Crippen LogP contribution in [0.1, 0.15) is 39.2 Å². The fourth-order valence-corrected chi connectivity index (χ4v) is 3.08. The van der Waals surface area contributed by atoms with E-state index in [0.717, 1.165) is 12.8 Å². The van der Waals surface area contributed by atoms with Crippen LogP contribution in [0.3, 0.4) is 0 Å². The first-order chi connectivity index (χ1) is 7.63. The highest BCUT2D eigenvalue weighted by atomic mass is 32.1. The molecule has 86 valence electrons. The summed E-state index contributed by atoms with van der Waals surface area (Å²) >= 11 is 1.77. The zero-order valence-electron chi connectivity index (χ0n) is 10.5. The van der Waals surface area contributed by atoms with Gasteiger partial charge >= 0.3 is 0 Å². The van der Waals surface area contributed by atoms with E-state index in [1.165, 1.54) is 21.0 Å². The quantitative estimate of drug-likeness (QED) is 0.744. The van der Waals surface area contributed by atoms with Crippen molar-refractivity contribution < 1.29 is 0 Å². The summed E-state index contributed by atoms with van der Waals surface area (Å²) in [5.74, 6) is 0.607. The Morgan fingerprint density at radius 2 is 2.19 bits per heavy atom. The molecule has 0 N–H and O–H groups in total. The molecule has 0 amide bonds. The molecule has 0 saturated carbocycles. The van der Waals surface area contributed by atoms with E-state index in [-0.39, 0.29) is 0 Å². The van der Waals surface area contributed by atoms with Gasteiger partial charge in [-0.2, -0.15) is 0 Å². The Morgan fingerprint density at radius 1 is 1.44 bits per heavy atom. The zero-order chi connectivity index (χ0) is 11.7. The fourth-order valence-electron chi connectivity index (χ4n) is 2.15. The van der Waals surface area contributed by atoms with Crippen molar-refractivity contribution in [3.63, 3.8) is 0 Å². The predicted molar refractivity (Wildman–Crippen MR) is 71.1 cm³/mol. The van der Waals surface area contributed by atoms with E-state index in [0.29, 0.717) is 5.92 Å². The second-order valence-electron chi connectivity index (χ2n) is 4.73. The van der Waals surface area contributed by atoms with Crippen molar-refractivity contribution in [2.45, 2.75) is 40.5 Å². The lowest BCUT2D eigenvalue weighted by Crippen LogP contribution is -2.25. The standard InChI is InChI=1S/C14H19NS/c1-5-11-6-12(9(2)3)13-10(4)8-16-14(13)15-7-11/h7-9H,5-6H2,1-4H3. The van der Waals surface area contributed by atoms with Crippen LogP contribution in [-0.2, 0) is 0 Å². The molecular weight excluding hydrogens is 214 g/mol. The molecule has 2 heteroatoms. The zero-order valence-corrected chi connectivity index (χ0v) is 11.3. The maximum Gasteiger partial charge on any atom is 0.123 e. The number of hydrogen-bond donors (Lipinski definition) is 0. The third-order valence-electron chi connectivity index (χ3n) is 3.21. The minimum atomic E-state index is 0.607. The summed E-state index contributed by atoms with van der Waals surface area (Å²) in [6, 6.07) is 0. The third kappa shape index (κ3) is 1.99. The van der Waals surface area contributed by atoms with Crippen molar-refractivity contribution in [1.82, 2.24) is 0 Å². The first-order valence-corrected chi connectivity index (χ1v) is 6.84. The summed E-state index contributed by atoms with van der Waals surface area (Å²) in [7, 11) is 0. The summed E-state index contributed by atoms with van der Waals surface area (Å²) in [4.78, 5) is 4.63. The molecular formula is C14H19NS. The first-order valence-electron chi connectivity index (χ1n) is 5.96. The summed E-state index contributed by atoms with van der Waals surface area (Å²) in [6.45, 7) is 8.99. The molecule has 0 fully saturated rings. The maximum absolute atomic E-state index is 4.63. The lowest BCUT2D eigenvalue weighted by atomic mass is 9.93. The molecule has 0 aliphatic carbocycles. The summed E-state index contributed by atoms with van der Waals surface area (Å²) in [5.41, 5.74) is 4.40. The number of thiophene rings is 1. The second kappa shape index (κ2) is 4.54. The molecule has 0 saturated heterocycles. The van der Waals surface area contributed by atoms with Gasteiger partial charge in [0, 0.05) is 11.4 Å². The molecule has 2 rings (SSSR count). The highest BCUT2D eigenvalue weighted by molar-refractivity contribution is 7.07. The van der Waals surface area contributed by atoms with Crippen molar-refractivity contribution in [3.8, 4) is 0 Å². The van der Waals surface area contributed by atoms with E-state index in [9.17, 15) is 0 Å². The van der Waals surface area contributed by atoms with Crippen LogP contribution in [0.2, 0.25) is 0 Å². The van der Waals surface area contributed by atoms with Gasteiger partial charge in [0.15, 0.2) is 0 Å². The van der Waals surface area contributed by atoms with Gasteiger partial charge in [-0.3, -0.25) is 0 Å². The van der Waals surface area contributed by atoms with E-state index in [2.05, 4.69) is 44.3 Å². The number of allylic oxidation sites excluding steroid dienone is 1. The highest BCUT2D eigenvalue weighted by Crippen LogP contribution is 2.22. The second-order valence-corrected chi connectivity index (χ2v) is 5.58. The Bertz CT molecular complexity index is 532. The molecule has 1 aromatic rings. The molecule has 2 heterocycles. The van der Waals surface area contributed by atoms with Crippen LogP contribution in [0.15, 0.2) is 22.1 Å². The lowest BCUT2D eigenvalue weighted by Gasteiger charge is -2.11. The van der Waals surface area contributed by atoms with Crippen LogP contribution >= 0.6 is 11.3 Å². The number of rotatable bonds is 2. The molecule has 0 aromatic carbocycles. The minimum Gasteiger partial charge on any atom is -0.245 e. The molecule has 0 spiro atoms. The van der Waals surface area contributed by atoms with Crippen LogP contribution in [0, 0.1) is 12.8 Å². The first kappa shape index (κ1) is 11.6. The maximum atomic E-state index is 4.63. The van der Waals surface area contributed by atoms with Crippen LogP contribution in [0.25, 0.3) is 5.57 Å². The number of nitrogens with zero attached hydrogens (tertiary/aromatic N) is 1. The van der Waals surface area contributed by atoms with E-state index in [1.807, 2.05) is 0 Å². The monoisotopic (exact) mass is 233 g/mol. The molecule has 0 radical (unpaired) electrons. The summed E-state index contributed by atoms with van der Waals surface area (Å²) in [6.07, 6.45) is 4.28. The molecule has 1 aliphatic rings. The number of fused-ring (bicyclic) bond motifs is 1. The minimum absolute atomic E-state index is 0.607. The van der Waals surface area contributed by atoms with Crippen molar-refractivity contribution >= 4 is 16.9 Å². The van der Waals surface area contributed by atoms with Gasteiger partial charge in [-0.05, 0) is 42.2 Å². The van der Waals surface area contributed by atoms with Gasteiger partial charge in [0.2, 0.25) is 0 Å². The molecule has 0 bridgehead atoms. The van der Waals surface area contributed by atoms with Gasteiger partial charge < -0.3 is 0 Å². The van der Waals surface area contributed by atoms with Gasteiger partial charge in [-0.1, -0.05) is 26.3 Å². The van der Waals surface area contributed by atoms with Crippen molar-refractivity contribution in [3.05, 3.63) is 32.6 Å². The third-order valence-corrected chi connectivity index (χ3v) is 4.21. The molecule has 1 aliphatic heterocycles. The summed E-state index contributed by atoms with van der Waals surface area (Å²) < 4.78 is 1.20. The fraction of sp³-hybridized carbons (Fsp3) is 0.500. The van der Waals surface area contributed by atoms with Crippen LogP contribution in [-0.4, -0.2) is 0 Å². The van der Waals surface area contributed by atoms with Gasteiger partial charge in [0.1, 0.15) is 4.67 Å². The van der Waals surface area contributed by atoms with Gasteiger partial charge in [-0.25, -0.2) is 4.99 Å². The van der Waals surface area contributed by atoms with Crippen LogP contribution < -0.4 is 9.89 Å². The highest BCUT2D eigenvalue weighted by Gasteiger charge is 2.12. The van der Waals surface area contributed by atoms with Crippen LogP contribution in [0.5, 0.6) is 0 Å². The molecule has 16 heavy (non-hydrogen) atoms. The topological polar surface area (TPSA) is 12.4 Å². The van der Waals surface area contributed by atoms with E-state index >= 15 is 0 Å². The smallest absolute Gasteiger partial charge is 0.123 e. The molecule has 1 aromatic heterocycles. The predicted octanol–water partition coefficient (Wildman–Crippen LogP) is 3.18. The van der Waals surface area contributed by atoms with Gasteiger partial charge in [0.05, 0.1) is 0 Å². The van der Waals surface area contributed by atoms with E-state index in [1.54, 1.807) is 16.9 Å². The van der Waals surface area contributed by atoms with Crippen molar-refractivity contribution in [2.24, 2.45) is 10.9 Å². The van der Waals surface area contributed by atoms with Crippen LogP contribution in [0.4, 0.5) is 0 Å². The van der Waals surface area contributed by atoms with E-state index < -0.39 is 0 Å². The average molecular weight is 233 g/mol. The Morgan fingerprint density at radius 3 is 2.81 bits per heavy atom. The largest absolute Gasteiger partial charge is 0.245 e. The Hall–Kier alpha value is -0.890. The van der Waals surface area contributed by atoms with Crippen molar-refractivity contribution in [1.29, 1.82) is 0 Å². The number of hydrogen-bond acceptors (Lipinski definition) is 2. The SMILES string of the molecule is CCC1=CN=c2scc(C)c2=C(C(C)C)C1. The van der Waals surface area contributed by atoms with Gasteiger partial charge in [-0.15, -0.1) is 11.3 Å². The number of aryl methyl sites for hydroxylation is 1. The summed E-state index contributed by atoms with van der Waals surface area (Å²) in [5, 5.41) is 3.64. The normalized spacial score (nSPS) is 15.6. The Kier molecular flexibility index (Phi) is 3.29. The Balaban J connectivity index is 2.72. The van der Waals surface area contributed by atoms with Crippen molar-refractivity contribution in [2.75, 3.05) is 0 Å². The lowest BCUT2D eigenvalue weighted by molar-refractivity contribution is 0.811.